The van der Waals surface area contributed by atoms with Crippen LogP contribution in [0.4, 0.5) is 10.2 Å². The summed E-state index contributed by atoms with van der Waals surface area (Å²) in [5, 5.41) is 31.1. The Morgan fingerprint density at radius 2 is 1.85 bits per heavy atom. The maximum absolute atomic E-state index is 16.8. The SMILES string of the molecule is CCC(=O)/N=C1\[C@H](C)C[C@@]2(C)OC/C(=N/OCc3csc(-c4cccc(N)n4)n3)CC[C@H]([C@H]1C)[C@](C)(O)[C@@H](I)OC(=O)[C@@](C)(F)C(=O)[C@H](C)[C@H]2O[C@@H]1O[C@H](C)C[C@H](N(C)C)[C@H]1O. The summed E-state index contributed by atoms with van der Waals surface area (Å²) in [5.74, 6) is -6.03. The highest BCUT2D eigenvalue weighted by atomic mass is 127. The molecule has 344 valence electrons. The Bertz CT molecular complexity index is 1980. The van der Waals surface area contributed by atoms with E-state index in [-0.39, 0.29) is 50.9 Å². The lowest BCUT2D eigenvalue weighted by Crippen LogP contribution is -2.61. The molecule has 3 saturated heterocycles. The van der Waals surface area contributed by atoms with Crippen molar-refractivity contribution in [1.82, 2.24) is 14.9 Å². The van der Waals surface area contributed by atoms with Gasteiger partial charge in [-0.1, -0.05) is 38.9 Å². The summed E-state index contributed by atoms with van der Waals surface area (Å²) >= 11 is 3.12. The second kappa shape index (κ2) is 20.4. The summed E-state index contributed by atoms with van der Waals surface area (Å²) in [6, 6.07) is 4.89. The van der Waals surface area contributed by atoms with Crippen LogP contribution in [0.15, 0.2) is 33.7 Å². The molecule has 2 aromatic rings. The van der Waals surface area contributed by atoms with E-state index in [4.69, 9.17) is 29.5 Å². The van der Waals surface area contributed by atoms with Crippen LogP contribution in [0.3, 0.4) is 0 Å². The number of pyridine rings is 1. The maximum Gasteiger partial charge on any atom is 0.352 e. The molecule has 16 nitrogen and oxygen atoms in total. The number of likely N-dealkylation sites (N-methyl/N-ethyl adjacent to an activating group) is 1. The predicted octanol–water partition coefficient (Wildman–Crippen LogP) is 5.70. The fraction of sp³-hybridized carbons (Fsp3) is 0.698. The summed E-state index contributed by atoms with van der Waals surface area (Å²) in [4.78, 5) is 62.8. The van der Waals surface area contributed by atoms with Crippen LogP contribution in [0.25, 0.3) is 10.7 Å². The van der Waals surface area contributed by atoms with E-state index >= 15 is 4.39 Å². The molecule has 5 heterocycles. The first-order valence-corrected chi connectivity index (χ1v) is 23.2. The van der Waals surface area contributed by atoms with Crippen LogP contribution in [0.1, 0.15) is 93.2 Å². The molecule has 0 aliphatic carbocycles. The minimum absolute atomic E-state index is 0.00956. The average Bonchev–Trinajstić information content (AvgIpc) is 3.68. The van der Waals surface area contributed by atoms with Crippen molar-refractivity contribution in [3.8, 4) is 10.7 Å². The molecule has 3 fully saturated rings. The van der Waals surface area contributed by atoms with Crippen molar-refractivity contribution in [3.05, 3.63) is 29.3 Å². The van der Waals surface area contributed by atoms with Crippen LogP contribution >= 0.6 is 33.9 Å². The molecule has 0 radical (unpaired) electrons. The normalized spacial score (nSPS) is 38.0. The molecule has 62 heavy (non-hydrogen) atoms. The number of aliphatic imine (C=N–C) groups is 1. The van der Waals surface area contributed by atoms with E-state index in [0.29, 0.717) is 40.1 Å². The Morgan fingerprint density at radius 3 is 2.52 bits per heavy atom. The van der Waals surface area contributed by atoms with Crippen molar-refractivity contribution in [3.63, 3.8) is 0 Å². The molecule has 4 N–H and O–H groups in total. The van der Waals surface area contributed by atoms with Gasteiger partial charge < -0.3 is 44.6 Å². The van der Waals surface area contributed by atoms with Gasteiger partial charge in [0.25, 0.3) is 5.67 Å². The van der Waals surface area contributed by atoms with Gasteiger partial charge in [-0.2, -0.15) is 0 Å². The molecule has 2 aromatic heterocycles. The Kier molecular flexibility index (Phi) is 16.4. The van der Waals surface area contributed by atoms with Gasteiger partial charge in [-0.3, -0.25) is 9.59 Å². The highest BCUT2D eigenvalue weighted by Crippen LogP contribution is 2.43. The van der Waals surface area contributed by atoms with Gasteiger partial charge in [0.1, 0.15) is 28.2 Å². The van der Waals surface area contributed by atoms with E-state index in [9.17, 15) is 24.6 Å². The number of nitrogens with zero attached hydrogens (tertiary/aromatic N) is 5. The Morgan fingerprint density at radius 1 is 1.15 bits per heavy atom. The number of amides is 1. The number of aromatic nitrogens is 2. The number of oxime groups is 1. The van der Waals surface area contributed by atoms with Gasteiger partial charge in [0.05, 0.1) is 35.8 Å². The number of carbonyl (C=O) groups is 3. The number of rotatable bonds is 8. The molecule has 13 atom stereocenters. The fourth-order valence-electron chi connectivity index (χ4n) is 8.82. The number of nitrogen functional groups attached to an aromatic ring is 1. The minimum Gasteiger partial charge on any atom is -0.446 e. The number of fused-ring (bicyclic) bond motifs is 5. The van der Waals surface area contributed by atoms with Gasteiger partial charge in [-0.05, 0) is 114 Å². The summed E-state index contributed by atoms with van der Waals surface area (Å²) in [7, 11) is 3.65. The number of hydrogen-bond acceptors (Lipinski definition) is 16. The zero-order chi connectivity index (χ0) is 45.9. The molecule has 2 bridgehead atoms. The molecule has 3 aliphatic heterocycles. The van der Waals surface area contributed by atoms with Crippen LogP contribution in [0.2, 0.25) is 0 Å². The van der Waals surface area contributed by atoms with Crippen molar-refractivity contribution in [2.24, 2.45) is 33.8 Å². The lowest BCUT2D eigenvalue weighted by molar-refractivity contribution is -0.296. The van der Waals surface area contributed by atoms with Gasteiger partial charge in [-0.15, -0.1) is 11.3 Å². The first-order chi connectivity index (χ1) is 29.0. The van der Waals surface area contributed by atoms with Crippen LogP contribution < -0.4 is 5.73 Å². The molecular weight excluding hydrogens is 938 g/mol. The Balaban J connectivity index is 1.65. The van der Waals surface area contributed by atoms with Gasteiger partial charge in [0, 0.05) is 35.4 Å². The topological polar surface area (TPSA) is 218 Å². The van der Waals surface area contributed by atoms with Crippen LogP contribution in [0.5, 0.6) is 0 Å². The minimum atomic E-state index is -3.19. The first kappa shape index (κ1) is 50.0. The predicted molar refractivity (Wildman–Crippen MR) is 240 cm³/mol. The third-order valence-electron chi connectivity index (χ3n) is 12.4. The highest BCUT2D eigenvalue weighted by Gasteiger charge is 2.56. The zero-order valence-corrected chi connectivity index (χ0v) is 40.1. The quantitative estimate of drug-likeness (QED) is 0.0951. The number of alkyl halides is 2. The Hall–Kier alpha value is -3.05. The molecule has 0 unspecified atom stereocenters. The third-order valence-corrected chi connectivity index (χ3v) is 14.8. The number of ether oxygens (including phenoxy) is 4. The lowest BCUT2D eigenvalue weighted by Gasteiger charge is -2.47. The Labute approximate surface area is 380 Å². The molecule has 5 rings (SSSR count). The number of carbonyl (C=O) groups excluding carboxylic acids is 3. The zero-order valence-electron chi connectivity index (χ0n) is 37.2. The molecule has 0 spiro atoms. The van der Waals surface area contributed by atoms with Gasteiger partial charge in [-0.25, -0.2) is 24.1 Å². The molecule has 3 aliphatic rings. The number of hydrogen-bond donors (Lipinski definition) is 3. The number of aliphatic hydroxyl groups is 2. The number of anilines is 1. The van der Waals surface area contributed by atoms with Gasteiger partial charge in [0.2, 0.25) is 5.91 Å². The monoisotopic (exact) mass is 1000 g/mol. The van der Waals surface area contributed by atoms with E-state index < -0.39 is 80.9 Å². The summed E-state index contributed by atoms with van der Waals surface area (Å²) in [6.07, 6.45) is -3.21. The standard InChI is InChI=1S/C43H62FIN6O10S/c1-11-32(52)49-33-22(2)18-41(6)36(60-38-34(53)30(51(9)10)17-23(3)59-38)25(5)35(54)42(7,44)40(55)61-39(45)43(8,56)28(24(33)4)16-15-26(19-57-41)50-58-20-27-21-62-37(47-27)29-13-12-14-31(46)48-29/h12-14,21-25,28,30,34,36,38-39,53,56H,11,15-20H2,1-10H3,(H2,46,48)/b49-33+,50-26+/t22-,23-,24-,25+,28-,30+,34-,36-,38+,39+,41-,42+,43+/m1/s1. The largest absolute Gasteiger partial charge is 0.446 e. The summed E-state index contributed by atoms with van der Waals surface area (Å²) in [5.41, 5.74) is 1.37. The number of cyclic esters (lactones) is 1. The van der Waals surface area contributed by atoms with Gasteiger partial charge in [0.15, 0.2) is 22.8 Å². The third kappa shape index (κ3) is 11.2. The number of thiazole rings is 1. The molecular formula is C43H62FIN6O10S. The van der Waals surface area contributed by atoms with Crippen molar-refractivity contribution >= 4 is 68.8 Å². The number of esters is 1. The average molecular weight is 1000 g/mol. The highest BCUT2D eigenvalue weighted by molar-refractivity contribution is 14.1. The van der Waals surface area contributed by atoms with Crippen LogP contribution in [-0.4, -0.2) is 126 Å². The molecule has 19 heteroatoms. The maximum atomic E-state index is 16.8. The van der Waals surface area contributed by atoms with Crippen molar-refractivity contribution < 1.29 is 52.8 Å². The van der Waals surface area contributed by atoms with Crippen molar-refractivity contribution in [2.45, 2.75) is 146 Å². The number of aliphatic hydroxyl groups excluding tert-OH is 1. The van der Waals surface area contributed by atoms with E-state index in [1.807, 2.05) is 51.2 Å². The lowest BCUT2D eigenvalue weighted by atomic mass is 9.70. The number of ketones is 1. The van der Waals surface area contributed by atoms with E-state index in [0.717, 1.165) is 6.92 Å². The van der Waals surface area contributed by atoms with Crippen LogP contribution in [0, 0.1) is 23.7 Å². The van der Waals surface area contributed by atoms with Gasteiger partial charge >= 0.3 is 5.97 Å². The van der Waals surface area contributed by atoms with E-state index in [1.165, 1.54) is 25.2 Å². The van der Waals surface area contributed by atoms with Crippen molar-refractivity contribution in [1.29, 1.82) is 0 Å². The second-order valence-electron chi connectivity index (χ2n) is 17.7. The van der Waals surface area contributed by atoms with Crippen molar-refractivity contribution in [2.75, 3.05) is 26.4 Å². The molecule has 1 amide bonds. The smallest absolute Gasteiger partial charge is 0.352 e. The number of nitrogens with two attached hydrogens (primary N) is 1. The number of Topliss-reactive ketones (excluding diaryl/α,β-unsaturated/α-hetero) is 1. The van der Waals surface area contributed by atoms with E-state index in [2.05, 4.69) is 20.1 Å². The molecule has 0 saturated carbocycles. The van der Waals surface area contributed by atoms with Crippen LogP contribution in [-0.2, 0) is 44.8 Å². The summed E-state index contributed by atoms with van der Waals surface area (Å²) < 4.78 is 40.9. The fourth-order valence-corrected chi connectivity index (χ4v) is 10.3. The number of halogens is 2. The second-order valence-corrected chi connectivity index (χ2v) is 19.7. The first-order valence-electron chi connectivity index (χ1n) is 21.1. The summed E-state index contributed by atoms with van der Waals surface area (Å²) in [6.45, 7) is 12.5. The van der Waals surface area contributed by atoms with E-state index in [1.54, 1.807) is 48.6 Å². The molecule has 0 aromatic carbocycles.